The summed E-state index contributed by atoms with van der Waals surface area (Å²) in [6.45, 7) is 3.80. The molecule has 1 aromatic heterocycles. The Labute approximate surface area is 107 Å². The smallest absolute Gasteiger partial charge is 0.225 e. The second-order valence-electron chi connectivity index (χ2n) is 4.18. The molecule has 0 amide bonds. The highest BCUT2D eigenvalue weighted by Crippen LogP contribution is 2.27. The van der Waals surface area contributed by atoms with Crippen molar-refractivity contribution in [1.29, 1.82) is 0 Å². The van der Waals surface area contributed by atoms with Crippen LogP contribution in [0.25, 0.3) is 0 Å². The monoisotopic (exact) mass is 243 g/mol. The molecule has 0 aliphatic heterocycles. The molecule has 2 rings (SSSR count). The van der Waals surface area contributed by atoms with E-state index in [9.17, 15) is 5.11 Å². The normalized spacial score (nSPS) is 12.2. The van der Waals surface area contributed by atoms with E-state index in [-0.39, 0.29) is 0 Å². The number of hydrogen-bond acceptors (Lipinski definition) is 3. The minimum atomic E-state index is -0.594. The van der Waals surface area contributed by atoms with Gasteiger partial charge in [0.25, 0.3) is 0 Å². The van der Waals surface area contributed by atoms with Gasteiger partial charge in [0.2, 0.25) is 5.88 Å². The molecule has 1 N–H and O–H groups in total. The number of benzene rings is 1. The lowest BCUT2D eigenvalue weighted by molar-refractivity contribution is 0.194. The SMILES string of the molecule is CCc1cccc(Oc2ncccc2C(C)O)c1. The van der Waals surface area contributed by atoms with Gasteiger partial charge >= 0.3 is 0 Å². The molecule has 0 saturated heterocycles. The minimum absolute atomic E-state index is 0.459. The van der Waals surface area contributed by atoms with E-state index in [0.29, 0.717) is 11.4 Å². The summed E-state index contributed by atoms with van der Waals surface area (Å²) in [7, 11) is 0. The van der Waals surface area contributed by atoms with Crippen LogP contribution in [0.5, 0.6) is 11.6 Å². The van der Waals surface area contributed by atoms with E-state index in [1.54, 1.807) is 19.2 Å². The topological polar surface area (TPSA) is 42.4 Å². The van der Waals surface area contributed by atoms with Crippen LogP contribution in [-0.2, 0) is 6.42 Å². The first-order valence-corrected chi connectivity index (χ1v) is 6.10. The van der Waals surface area contributed by atoms with Gasteiger partial charge in [-0.25, -0.2) is 4.98 Å². The van der Waals surface area contributed by atoms with Crippen molar-refractivity contribution < 1.29 is 9.84 Å². The summed E-state index contributed by atoms with van der Waals surface area (Å²) in [6.07, 6.45) is 2.02. The molecule has 0 saturated carbocycles. The first-order valence-electron chi connectivity index (χ1n) is 6.10. The average molecular weight is 243 g/mol. The van der Waals surface area contributed by atoms with Gasteiger partial charge in [-0.3, -0.25) is 0 Å². The van der Waals surface area contributed by atoms with Crippen molar-refractivity contribution in [3.63, 3.8) is 0 Å². The number of hydrogen-bond donors (Lipinski definition) is 1. The zero-order valence-corrected chi connectivity index (χ0v) is 10.6. The maximum atomic E-state index is 9.66. The Morgan fingerprint density at radius 3 is 2.83 bits per heavy atom. The number of aromatic nitrogens is 1. The van der Waals surface area contributed by atoms with Crippen molar-refractivity contribution in [1.82, 2.24) is 4.98 Å². The fourth-order valence-corrected chi connectivity index (χ4v) is 1.75. The van der Waals surface area contributed by atoms with Crippen molar-refractivity contribution >= 4 is 0 Å². The Morgan fingerprint density at radius 1 is 1.28 bits per heavy atom. The summed E-state index contributed by atoms with van der Waals surface area (Å²) in [5, 5.41) is 9.66. The number of pyridine rings is 1. The van der Waals surface area contributed by atoms with Gasteiger partial charge in [-0.1, -0.05) is 19.1 Å². The number of aliphatic hydroxyl groups excluding tert-OH is 1. The highest BCUT2D eigenvalue weighted by Gasteiger charge is 2.10. The fourth-order valence-electron chi connectivity index (χ4n) is 1.75. The molecule has 0 spiro atoms. The molecular weight excluding hydrogens is 226 g/mol. The van der Waals surface area contributed by atoms with E-state index >= 15 is 0 Å². The van der Waals surface area contributed by atoms with E-state index in [1.165, 1.54) is 5.56 Å². The fraction of sp³-hybridized carbons (Fsp3) is 0.267. The third-order valence-electron chi connectivity index (χ3n) is 2.77. The second-order valence-corrected chi connectivity index (χ2v) is 4.18. The van der Waals surface area contributed by atoms with Gasteiger partial charge in [-0.2, -0.15) is 0 Å². The van der Waals surface area contributed by atoms with Crippen LogP contribution in [0, 0.1) is 0 Å². The van der Waals surface area contributed by atoms with Crippen molar-refractivity contribution in [2.45, 2.75) is 26.4 Å². The molecule has 1 heterocycles. The lowest BCUT2D eigenvalue weighted by atomic mass is 10.1. The lowest BCUT2D eigenvalue weighted by Gasteiger charge is -2.12. The molecule has 94 valence electrons. The van der Waals surface area contributed by atoms with Crippen molar-refractivity contribution in [2.24, 2.45) is 0 Å². The molecule has 0 radical (unpaired) electrons. The summed E-state index contributed by atoms with van der Waals surface area (Å²) in [5.74, 6) is 1.20. The maximum absolute atomic E-state index is 9.66. The minimum Gasteiger partial charge on any atom is -0.439 e. The largest absolute Gasteiger partial charge is 0.439 e. The van der Waals surface area contributed by atoms with Crippen LogP contribution in [0.15, 0.2) is 42.6 Å². The number of rotatable bonds is 4. The maximum Gasteiger partial charge on any atom is 0.225 e. The predicted octanol–water partition coefficient (Wildman–Crippen LogP) is 3.49. The second kappa shape index (κ2) is 5.65. The van der Waals surface area contributed by atoms with Crippen LogP contribution in [0.1, 0.15) is 31.1 Å². The highest BCUT2D eigenvalue weighted by molar-refractivity contribution is 5.35. The summed E-state index contributed by atoms with van der Waals surface area (Å²) < 4.78 is 5.74. The Hall–Kier alpha value is -1.87. The van der Waals surface area contributed by atoms with Gasteiger partial charge in [0.1, 0.15) is 5.75 Å². The molecule has 3 nitrogen and oxygen atoms in total. The van der Waals surface area contributed by atoms with Gasteiger partial charge < -0.3 is 9.84 Å². The van der Waals surface area contributed by atoms with E-state index in [2.05, 4.69) is 18.0 Å². The van der Waals surface area contributed by atoms with Crippen LogP contribution < -0.4 is 4.74 Å². The van der Waals surface area contributed by atoms with Crippen LogP contribution in [0.2, 0.25) is 0 Å². The third kappa shape index (κ3) is 2.87. The molecule has 0 aliphatic carbocycles. The molecule has 18 heavy (non-hydrogen) atoms. The van der Waals surface area contributed by atoms with E-state index in [4.69, 9.17) is 4.74 Å². The zero-order valence-electron chi connectivity index (χ0n) is 10.6. The van der Waals surface area contributed by atoms with Crippen LogP contribution >= 0.6 is 0 Å². The number of ether oxygens (including phenoxy) is 1. The van der Waals surface area contributed by atoms with E-state index < -0.39 is 6.10 Å². The summed E-state index contributed by atoms with van der Waals surface area (Å²) in [4.78, 5) is 4.17. The van der Waals surface area contributed by atoms with E-state index in [0.717, 1.165) is 12.2 Å². The van der Waals surface area contributed by atoms with Gasteiger partial charge in [-0.15, -0.1) is 0 Å². The van der Waals surface area contributed by atoms with Crippen molar-refractivity contribution in [3.05, 3.63) is 53.7 Å². The Morgan fingerprint density at radius 2 is 2.11 bits per heavy atom. The highest BCUT2D eigenvalue weighted by atomic mass is 16.5. The Balaban J connectivity index is 2.28. The third-order valence-corrected chi connectivity index (χ3v) is 2.77. The number of nitrogens with zero attached hydrogens (tertiary/aromatic N) is 1. The first-order chi connectivity index (χ1) is 8.70. The Kier molecular flexibility index (Phi) is 3.95. The summed E-state index contributed by atoms with van der Waals surface area (Å²) in [5.41, 5.74) is 1.90. The molecule has 1 atom stereocenters. The average Bonchev–Trinajstić information content (AvgIpc) is 2.39. The van der Waals surface area contributed by atoms with Crippen LogP contribution in [0.4, 0.5) is 0 Å². The molecule has 2 aromatic rings. The van der Waals surface area contributed by atoms with Crippen LogP contribution in [-0.4, -0.2) is 10.1 Å². The first kappa shape index (κ1) is 12.6. The molecule has 0 aliphatic rings. The van der Waals surface area contributed by atoms with Gasteiger partial charge in [-0.05, 0) is 43.2 Å². The van der Waals surface area contributed by atoms with Gasteiger partial charge in [0, 0.05) is 11.8 Å². The van der Waals surface area contributed by atoms with Gasteiger partial charge in [0.15, 0.2) is 0 Å². The lowest BCUT2D eigenvalue weighted by Crippen LogP contribution is -1.98. The number of aliphatic hydroxyl groups is 1. The summed E-state index contributed by atoms with van der Waals surface area (Å²) in [6, 6.07) is 11.5. The van der Waals surface area contributed by atoms with E-state index in [1.807, 2.05) is 24.3 Å². The molecule has 0 fully saturated rings. The standard InChI is InChI=1S/C15H17NO2/c1-3-12-6-4-7-13(10-12)18-15-14(11(2)17)8-5-9-16-15/h4-11,17H,3H2,1-2H3. The van der Waals surface area contributed by atoms with Crippen molar-refractivity contribution in [3.8, 4) is 11.6 Å². The molecular formula is C15H17NO2. The van der Waals surface area contributed by atoms with Gasteiger partial charge in [0.05, 0.1) is 6.10 Å². The zero-order chi connectivity index (χ0) is 13.0. The summed E-state index contributed by atoms with van der Waals surface area (Å²) >= 11 is 0. The quantitative estimate of drug-likeness (QED) is 0.893. The molecule has 3 heteroatoms. The molecule has 0 bridgehead atoms. The Bertz CT molecular complexity index is 523. The predicted molar refractivity (Wildman–Crippen MR) is 70.8 cm³/mol. The molecule has 1 aromatic carbocycles. The van der Waals surface area contributed by atoms with Crippen molar-refractivity contribution in [2.75, 3.05) is 0 Å². The molecule has 1 unspecified atom stereocenters. The van der Waals surface area contributed by atoms with Crippen LogP contribution in [0.3, 0.4) is 0 Å². The number of aryl methyl sites for hydroxylation is 1.